The van der Waals surface area contributed by atoms with Crippen molar-refractivity contribution >= 4 is 24.4 Å². The normalized spacial score (nSPS) is 10.9. The maximum absolute atomic E-state index is 11.5. The van der Waals surface area contributed by atoms with Crippen molar-refractivity contribution in [3.63, 3.8) is 0 Å². The molecule has 2 N–H and O–H groups in total. The van der Waals surface area contributed by atoms with E-state index in [1.165, 1.54) is 5.56 Å². The second kappa shape index (κ2) is 4.88. The SMILES string of the molecule is Cc1ccc(/C=C/c2n[nH]c(=S)[nH]c2=O)cc1. The molecule has 17 heavy (non-hydrogen) atoms. The van der Waals surface area contributed by atoms with Crippen molar-refractivity contribution < 1.29 is 0 Å². The third kappa shape index (κ3) is 2.98. The first kappa shape index (κ1) is 11.5. The van der Waals surface area contributed by atoms with Gasteiger partial charge in [-0.25, -0.2) is 0 Å². The smallest absolute Gasteiger partial charge is 0.277 e. The quantitative estimate of drug-likeness (QED) is 0.798. The summed E-state index contributed by atoms with van der Waals surface area (Å²) in [5, 5.41) is 6.39. The van der Waals surface area contributed by atoms with Crippen LogP contribution in [0.1, 0.15) is 16.8 Å². The van der Waals surface area contributed by atoms with Crippen molar-refractivity contribution in [1.82, 2.24) is 15.2 Å². The van der Waals surface area contributed by atoms with E-state index in [2.05, 4.69) is 15.2 Å². The highest BCUT2D eigenvalue weighted by atomic mass is 32.1. The molecule has 0 aliphatic carbocycles. The Labute approximate surface area is 103 Å². The first-order chi connectivity index (χ1) is 8.15. The summed E-state index contributed by atoms with van der Waals surface area (Å²) in [4.78, 5) is 13.9. The summed E-state index contributed by atoms with van der Waals surface area (Å²) in [7, 11) is 0. The zero-order valence-electron chi connectivity index (χ0n) is 9.23. The molecule has 0 spiro atoms. The van der Waals surface area contributed by atoms with Gasteiger partial charge in [-0.1, -0.05) is 35.9 Å². The zero-order chi connectivity index (χ0) is 12.3. The molecule has 0 amide bonds. The fraction of sp³-hybridized carbons (Fsp3) is 0.0833. The van der Waals surface area contributed by atoms with Gasteiger partial charge in [-0.15, -0.1) is 0 Å². The summed E-state index contributed by atoms with van der Waals surface area (Å²) in [5.74, 6) is 0. The van der Waals surface area contributed by atoms with Gasteiger partial charge in [-0.05, 0) is 30.8 Å². The lowest BCUT2D eigenvalue weighted by molar-refractivity contribution is 0.912. The summed E-state index contributed by atoms with van der Waals surface area (Å²) >= 11 is 4.75. The Hall–Kier alpha value is -2.01. The van der Waals surface area contributed by atoms with Gasteiger partial charge in [0.1, 0.15) is 5.69 Å². The predicted octanol–water partition coefficient (Wildman–Crippen LogP) is 2.31. The van der Waals surface area contributed by atoms with Gasteiger partial charge in [0.05, 0.1) is 0 Å². The van der Waals surface area contributed by atoms with Crippen molar-refractivity contribution in [1.29, 1.82) is 0 Å². The molecule has 1 aromatic carbocycles. The van der Waals surface area contributed by atoms with Crippen LogP contribution in [0.15, 0.2) is 29.1 Å². The third-order valence-electron chi connectivity index (χ3n) is 2.25. The number of benzene rings is 1. The topological polar surface area (TPSA) is 61.5 Å². The van der Waals surface area contributed by atoms with Gasteiger partial charge >= 0.3 is 0 Å². The summed E-state index contributed by atoms with van der Waals surface area (Å²) in [6.45, 7) is 2.02. The van der Waals surface area contributed by atoms with Gasteiger partial charge in [0.2, 0.25) is 0 Å². The van der Waals surface area contributed by atoms with E-state index in [0.29, 0.717) is 5.69 Å². The Balaban J connectivity index is 2.29. The summed E-state index contributed by atoms with van der Waals surface area (Å²) in [5.41, 5.74) is 2.22. The molecule has 0 fully saturated rings. The molecular formula is C12H11N3OS. The van der Waals surface area contributed by atoms with Gasteiger partial charge in [0, 0.05) is 0 Å². The number of nitrogens with zero attached hydrogens (tertiary/aromatic N) is 1. The molecule has 0 saturated heterocycles. The monoisotopic (exact) mass is 245 g/mol. The molecule has 0 bridgehead atoms. The standard InChI is InChI=1S/C12H11N3OS/c1-8-2-4-9(5-3-8)6-7-10-11(16)13-12(17)15-14-10/h2-7H,1H3,(H2,13,15,16,17)/b7-6+. The lowest BCUT2D eigenvalue weighted by Crippen LogP contribution is -2.12. The van der Waals surface area contributed by atoms with E-state index in [1.807, 2.05) is 37.3 Å². The van der Waals surface area contributed by atoms with E-state index in [-0.39, 0.29) is 10.3 Å². The largest absolute Gasteiger partial charge is 0.296 e. The van der Waals surface area contributed by atoms with E-state index in [1.54, 1.807) is 6.08 Å². The number of aromatic amines is 2. The third-order valence-corrected chi connectivity index (χ3v) is 2.44. The van der Waals surface area contributed by atoms with Crippen LogP contribution in [0.3, 0.4) is 0 Å². The maximum atomic E-state index is 11.5. The first-order valence-electron chi connectivity index (χ1n) is 5.09. The molecule has 5 heteroatoms. The highest BCUT2D eigenvalue weighted by Crippen LogP contribution is 2.06. The van der Waals surface area contributed by atoms with Crippen LogP contribution in [0.25, 0.3) is 12.2 Å². The molecule has 1 aromatic heterocycles. The molecule has 86 valence electrons. The van der Waals surface area contributed by atoms with Crippen molar-refractivity contribution in [2.75, 3.05) is 0 Å². The molecule has 1 heterocycles. The zero-order valence-corrected chi connectivity index (χ0v) is 10.0. The van der Waals surface area contributed by atoms with Crippen LogP contribution in [-0.2, 0) is 0 Å². The highest BCUT2D eigenvalue weighted by molar-refractivity contribution is 7.71. The van der Waals surface area contributed by atoms with Crippen LogP contribution >= 0.6 is 12.2 Å². The fourth-order valence-electron chi connectivity index (χ4n) is 1.32. The lowest BCUT2D eigenvalue weighted by Gasteiger charge is -1.94. The minimum absolute atomic E-state index is 0.225. The Morgan fingerprint density at radius 1 is 1.24 bits per heavy atom. The van der Waals surface area contributed by atoms with Gasteiger partial charge in [-0.2, -0.15) is 5.10 Å². The van der Waals surface area contributed by atoms with Crippen molar-refractivity contribution in [3.05, 3.63) is 56.2 Å². The Bertz CT molecular complexity index is 652. The molecule has 0 aliphatic rings. The number of rotatable bonds is 2. The van der Waals surface area contributed by atoms with E-state index < -0.39 is 0 Å². The number of hydrogen-bond acceptors (Lipinski definition) is 3. The van der Waals surface area contributed by atoms with Gasteiger partial charge in [0.15, 0.2) is 4.77 Å². The van der Waals surface area contributed by atoms with Crippen LogP contribution in [0, 0.1) is 11.7 Å². The molecule has 0 aliphatic heterocycles. The number of hydrogen-bond donors (Lipinski definition) is 2. The molecule has 4 nitrogen and oxygen atoms in total. The number of aromatic nitrogens is 3. The minimum Gasteiger partial charge on any atom is -0.296 e. The average molecular weight is 245 g/mol. The molecule has 0 radical (unpaired) electrons. The minimum atomic E-state index is -0.294. The van der Waals surface area contributed by atoms with E-state index >= 15 is 0 Å². The Kier molecular flexibility index (Phi) is 3.30. The number of nitrogens with one attached hydrogen (secondary N) is 2. The molecule has 2 aromatic rings. The molecule has 0 saturated carbocycles. The van der Waals surface area contributed by atoms with E-state index in [9.17, 15) is 4.79 Å². The summed E-state index contributed by atoms with van der Waals surface area (Å²) < 4.78 is 0.225. The van der Waals surface area contributed by atoms with Crippen LogP contribution in [0.2, 0.25) is 0 Å². The van der Waals surface area contributed by atoms with Crippen LogP contribution in [0.5, 0.6) is 0 Å². The van der Waals surface area contributed by atoms with Crippen LogP contribution in [0.4, 0.5) is 0 Å². The average Bonchev–Trinajstić information content (AvgIpc) is 2.30. The molecule has 2 rings (SSSR count). The Morgan fingerprint density at radius 3 is 2.59 bits per heavy atom. The maximum Gasteiger partial charge on any atom is 0.277 e. The van der Waals surface area contributed by atoms with Gasteiger partial charge in [-0.3, -0.25) is 14.9 Å². The van der Waals surface area contributed by atoms with Gasteiger partial charge < -0.3 is 0 Å². The lowest BCUT2D eigenvalue weighted by atomic mass is 10.1. The van der Waals surface area contributed by atoms with Crippen molar-refractivity contribution in [2.24, 2.45) is 0 Å². The van der Waals surface area contributed by atoms with Crippen LogP contribution < -0.4 is 5.56 Å². The van der Waals surface area contributed by atoms with Crippen LogP contribution in [-0.4, -0.2) is 15.2 Å². The van der Waals surface area contributed by atoms with E-state index in [4.69, 9.17) is 12.2 Å². The molecular weight excluding hydrogens is 234 g/mol. The number of H-pyrrole nitrogens is 2. The first-order valence-corrected chi connectivity index (χ1v) is 5.50. The Morgan fingerprint density at radius 2 is 1.94 bits per heavy atom. The van der Waals surface area contributed by atoms with E-state index in [0.717, 1.165) is 5.56 Å². The molecule has 0 atom stereocenters. The predicted molar refractivity (Wildman–Crippen MR) is 70.1 cm³/mol. The second-order valence-electron chi connectivity index (χ2n) is 3.64. The summed E-state index contributed by atoms with van der Waals surface area (Å²) in [6, 6.07) is 7.97. The highest BCUT2D eigenvalue weighted by Gasteiger charge is 1.95. The number of aryl methyl sites for hydroxylation is 1. The van der Waals surface area contributed by atoms with Gasteiger partial charge in [0.25, 0.3) is 5.56 Å². The molecule has 0 unspecified atom stereocenters. The fourth-order valence-corrected chi connectivity index (χ4v) is 1.46. The summed E-state index contributed by atoms with van der Waals surface area (Å²) in [6.07, 6.45) is 3.47. The van der Waals surface area contributed by atoms with Crippen molar-refractivity contribution in [2.45, 2.75) is 6.92 Å². The van der Waals surface area contributed by atoms with Crippen molar-refractivity contribution in [3.8, 4) is 0 Å². The second-order valence-corrected chi connectivity index (χ2v) is 4.04.